The second-order valence-corrected chi connectivity index (χ2v) is 13.3. The molecule has 1 fully saturated rings. The van der Waals surface area contributed by atoms with E-state index in [4.69, 9.17) is 10.2 Å². The highest BCUT2D eigenvalue weighted by molar-refractivity contribution is 7.99. The number of rotatable bonds is 7. The number of aryl methyl sites for hydroxylation is 2. The van der Waals surface area contributed by atoms with Crippen molar-refractivity contribution in [1.29, 1.82) is 0 Å². The molecule has 3 aromatic rings. The van der Waals surface area contributed by atoms with Gasteiger partial charge in [-0.05, 0) is 95.3 Å². The number of carboxylic acid groups (broad SMARTS) is 2. The van der Waals surface area contributed by atoms with E-state index in [-0.39, 0.29) is 5.41 Å². The van der Waals surface area contributed by atoms with Crippen LogP contribution < -0.4 is 0 Å². The van der Waals surface area contributed by atoms with E-state index in [1.807, 2.05) is 11.8 Å². The molecule has 0 unspecified atom stereocenters. The monoisotopic (exact) mass is 597 g/mol. The van der Waals surface area contributed by atoms with Gasteiger partial charge in [-0.25, -0.2) is 9.59 Å². The Labute approximate surface area is 260 Å². The van der Waals surface area contributed by atoms with E-state index < -0.39 is 11.9 Å². The lowest BCUT2D eigenvalue weighted by Crippen LogP contribution is -2.32. The molecular weight excluding hydrogens is 554 g/mol. The zero-order chi connectivity index (χ0) is 30.8. The van der Waals surface area contributed by atoms with Crippen LogP contribution in [-0.4, -0.2) is 52.4 Å². The molecule has 0 bridgehead atoms. The summed E-state index contributed by atoms with van der Waals surface area (Å²) in [6, 6.07) is 27.4. The third-order valence-corrected chi connectivity index (χ3v) is 9.12. The number of aliphatic carboxylic acids is 2. The minimum Gasteiger partial charge on any atom is -0.478 e. The number of fused-ring (bicyclic) bond motifs is 2. The Morgan fingerprint density at radius 3 is 1.77 bits per heavy atom. The van der Waals surface area contributed by atoms with Gasteiger partial charge in [0, 0.05) is 30.1 Å². The van der Waals surface area contributed by atoms with E-state index in [2.05, 4.69) is 98.5 Å². The Bertz CT molecular complexity index is 1390. The van der Waals surface area contributed by atoms with Crippen molar-refractivity contribution in [1.82, 2.24) is 4.90 Å². The van der Waals surface area contributed by atoms with Gasteiger partial charge in [0.2, 0.25) is 0 Å². The first-order valence-corrected chi connectivity index (χ1v) is 16.1. The second-order valence-electron chi connectivity index (χ2n) is 12.1. The van der Waals surface area contributed by atoms with Crippen LogP contribution in [0, 0.1) is 0 Å². The second kappa shape index (κ2) is 15.2. The number of hydrogen-bond donors (Lipinski definition) is 2. The number of hydrogen-bond acceptors (Lipinski definition) is 4. The third-order valence-electron chi connectivity index (χ3n) is 8.03. The van der Waals surface area contributed by atoms with Gasteiger partial charge < -0.3 is 15.1 Å². The van der Waals surface area contributed by atoms with Crippen molar-refractivity contribution in [2.45, 2.75) is 63.2 Å². The summed E-state index contributed by atoms with van der Waals surface area (Å²) in [5.41, 5.74) is 10.8. The Morgan fingerprint density at radius 2 is 1.28 bits per heavy atom. The Hall–Kier alpha value is -3.61. The fraction of sp³-hybridized carbons (Fsp3) is 0.351. The number of thioether (sulfide) groups is 1. The fourth-order valence-corrected chi connectivity index (χ4v) is 6.57. The van der Waals surface area contributed by atoms with Gasteiger partial charge in [-0.15, -0.1) is 11.8 Å². The first kappa shape index (κ1) is 32.3. The summed E-state index contributed by atoms with van der Waals surface area (Å²) in [4.78, 5) is 23.2. The summed E-state index contributed by atoms with van der Waals surface area (Å²) in [6.45, 7) is 10.4. The van der Waals surface area contributed by atoms with Crippen LogP contribution in [0.4, 0.5) is 0 Å². The lowest BCUT2D eigenvalue weighted by molar-refractivity contribution is -0.134. The fourth-order valence-electron chi connectivity index (χ4n) is 5.73. The zero-order valence-electron chi connectivity index (χ0n) is 25.5. The van der Waals surface area contributed by atoms with E-state index in [1.165, 1.54) is 77.4 Å². The average Bonchev–Trinajstić information content (AvgIpc) is 3.16. The number of benzene rings is 3. The molecule has 5 rings (SSSR count). The first-order valence-electron chi connectivity index (χ1n) is 15.1. The van der Waals surface area contributed by atoms with Gasteiger partial charge in [-0.3, -0.25) is 0 Å². The highest BCUT2D eigenvalue weighted by atomic mass is 32.2. The van der Waals surface area contributed by atoms with Crippen molar-refractivity contribution in [3.63, 3.8) is 0 Å². The molecule has 0 saturated carbocycles. The molecule has 0 aromatic heterocycles. The van der Waals surface area contributed by atoms with Crippen LogP contribution in [0.2, 0.25) is 0 Å². The molecule has 2 aliphatic rings. The number of likely N-dealkylation sites (tertiary alicyclic amines) is 1. The Kier molecular flexibility index (Phi) is 11.4. The first-order chi connectivity index (χ1) is 20.6. The molecule has 43 heavy (non-hydrogen) atoms. The summed E-state index contributed by atoms with van der Waals surface area (Å²) in [7, 11) is 0. The molecule has 0 radical (unpaired) electrons. The maximum atomic E-state index is 9.55. The number of piperidine rings is 1. The van der Waals surface area contributed by atoms with E-state index in [0.29, 0.717) is 12.2 Å². The van der Waals surface area contributed by atoms with Crippen LogP contribution in [0.25, 0.3) is 5.57 Å². The van der Waals surface area contributed by atoms with Crippen molar-refractivity contribution in [2.24, 2.45) is 0 Å². The van der Waals surface area contributed by atoms with Gasteiger partial charge in [-0.1, -0.05) is 87.0 Å². The molecule has 0 spiro atoms. The van der Waals surface area contributed by atoms with Crippen LogP contribution in [0.5, 0.6) is 0 Å². The molecule has 1 saturated heterocycles. The zero-order valence-corrected chi connectivity index (χ0v) is 26.3. The molecule has 5 nitrogen and oxygen atoms in total. The number of carbonyl (C=O) groups is 2. The molecule has 6 heteroatoms. The summed E-state index contributed by atoms with van der Waals surface area (Å²) in [5, 5.41) is 15.6. The van der Waals surface area contributed by atoms with Crippen LogP contribution in [-0.2, 0) is 27.8 Å². The summed E-state index contributed by atoms with van der Waals surface area (Å²) in [5.74, 6) is -1.32. The molecule has 3 aromatic carbocycles. The van der Waals surface area contributed by atoms with Gasteiger partial charge in [0.15, 0.2) is 0 Å². The highest BCUT2D eigenvalue weighted by Crippen LogP contribution is 2.38. The van der Waals surface area contributed by atoms with E-state index in [0.717, 1.165) is 12.8 Å². The minimum atomic E-state index is -1.26. The van der Waals surface area contributed by atoms with E-state index in [1.54, 1.807) is 11.1 Å². The number of nitrogens with zero attached hydrogens (tertiary/aromatic N) is 1. The van der Waals surface area contributed by atoms with Gasteiger partial charge in [-0.2, -0.15) is 0 Å². The molecule has 1 aliphatic carbocycles. The van der Waals surface area contributed by atoms with Crippen molar-refractivity contribution in [3.8, 4) is 0 Å². The lowest BCUT2D eigenvalue weighted by Gasteiger charge is -2.30. The van der Waals surface area contributed by atoms with Crippen LogP contribution >= 0.6 is 11.8 Å². The SMILES string of the molecule is CC(C)(C)c1ccc(SCCCN2CCC(=C3c4ccccc4CCc4ccccc43)CC2)cc1.O=C(O)/C=C/C(=O)O. The van der Waals surface area contributed by atoms with E-state index >= 15 is 0 Å². The number of carboxylic acids is 2. The predicted molar refractivity (Wildman–Crippen MR) is 177 cm³/mol. The molecular formula is C37H43NO4S. The van der Waals surface area contributed by atoms with Gasteiger partial charge in [0.05, 0.1) is 0 Å². The quantitative estimate of drug-likeness (QED) is 0.164. The predicted octanol–water partition coefficient (Wildman–Crippen LogP) is 7.87. The smallest absolute Gasteiger partial charge is 0.328 e. The Balaban J connectivity index is 0.000000467. The molecule has 226 valence electrons. The van der Waals surface area contributed by atoms with Crippen molar-refractivity contribution in [3.05, 3.63) is 118 Å². The summed E-state index contributed by atoms with van der Waals surface area (Å²) < 4.78 is 0. The van der Waals surface area contributed by atoms with Crippen LogP contribution in [0.15, 0.2) is 95.4 Å². The molecule has 0 atom stereocenters. The maximum absolute atomic E-state index is 9.55. The molecule has 1 aliphatic heterocycles. The average molecular weight is 598 g/mol. The standard InChI is InChI=1S/C33H39NS.C4H4O4/c1-33(2,3)28-15-17-29(18-16-28)35-24-8-21-34-22-19-27(20-23-34)32-30-11-6-4-9-25(30)13-14-26-10-5-7-12-31(26)32;5-3(6)1-2-4(7)8/h4-7,9-12,15-18H,8,13-14,19-24H2,1-3H3;1-2H,(H,5,6)(H,7,8)/b;2-1+. The summed E-state index contributed by atoms with van der Waals surface area (Å²) in [6.07, 6.45) is 7.05. The Morgan fingerprint density at radius 1 is 0.767 bits per heavy atom. The highest BCUT2D eigenvalue weighted by Gasteiger charge is 2.23. The molecule has 2 N–H and O–H groups in total. The van der Waals surface area contributed by atoms with Crippen molar-refractivity contribution >= 4 is 29.3 Å². The lowest BCUT2D eigenvalue weighted by atomic mass is 9.86. The van der Waals surface area contributed by atoms with Gasteiger partial charge in [0.1, 0.15) is 0 Å². The van der Waals surface area contributed by atoms with Crippen LogP contribution in [0.1, 0.15) is 67.9 Å². The van der Waals surface area contributed by atoms with Gasteiger partial charge in [0.25, 0.3) is 0 Å². The minimum absolute atomic E-state index is 0.229. The summed E-state index contributed by atoms with van der Waals surface area (Å²) >= 11 is 2.00. The van der Waals surface area contributed by atoms with Crippen molar-refractivity contribution < 1.29 is 19.8 Å². The molecule has 0 amide bonds. The topological polar surface area (TPSA) is 77.8 Å². The maximum Gasteiger partial charge on any atom is 0.328 e. The third kappa shape index (κ3) is 9.44. The van der Waals surface area contributed by atoms with E-state index in [9.17, 15) is 9.59 Å². The molecule has 1 heterocycles. The van der Waals surface area contributed by atoms with Crippen LogP contribution in [0.3, 0.4) is 0 Å². The normalized spacial score (nSPS) is 15.2. The van der Waals surface area contributed by atoms with Crippen molar-refractivity contribution in [2.75, 3.05) is 25.4 Å². The van der Waals surface area contributed by atoms with Gasteiger partial charge >= 0.3 is 11.9 Å². The largest absolute Gasteiger partial charge is 0.478 e.